The van der Waals surface area contributed by atoms with Crippen LogP contribution in [0.3, 0.4) is 0 Å². The van der Waals surface area contributed by atoms with E-state index in [-0.39, 0.29) is 0 Å². The molecule has 0 aliphatic carbocycles. The molecule has 2 heterocycles. The molecule has 0 unspecified atom stereocenters. The third-order valence-electron chi connectivity index (χ3n) is 9.53. The molecule has 0 fully saturated rings. The molecule has 9 rings (SSSR count). The number of hydrogen-bond acceptors (Lipinski definition) is 1. The van der Waals surface area contributed by atoms with Crippen molar-refractivity contribution in [3.05, 3.63) is 188 Å². The van der Waals surface area contributed by atoms with Crippen LogP contribution in [-0.4, -0.2) is 9.97 Å². The third kappa shape index (κ3) is 5.02. The Morgan fingerprint density at radius 3 is 1.55 bits per heavy atom. The Bertz CT molecular complexity index is 2580. The van der Waals surface area contributed by atoms with Gasteiger partial charge in [-0.15, -0.1) is 0 Å². The average molecular weight is 625 g/mol. The number of fused-ring (bicyclic) bond motifs is 3. The summed E-state index contributed by atoms with van der Waals surface area (Å²) in [7, 11) is 0. The molecule has 1 N–H and O–H groups in total. The van der Waals surface area contributed by atoms with Gasteiger partial charge in [-0.1, -0.05) is 170 Å². The van der Waals surface area contributed by atoms with Crippen molar-refractivity contribution >= 4 is 21.8 Å². The zero-order chi connectivity index (χ0) is 32.6. The topological polar surface area (TPSA) is 28.7 Å². The highest BCUT2D eigenvalue weighted by Crippen LogP contribution is 2.48. The Balaban J connectivity index is 1.40. The minimum Gasteiger partial charge on any atom is -0.354 e. The zero-order valence-corrected chi connectivity index (χ0v) is 26.8. The van der Waals surface area contributed by atoms with E-state index in [0.29, 0.717) is 0 Å². The second kappa shape index (κ2) is 12.3. The normalized spacial score (nSPS) is 11.3. The van der Waals surface area contributed by atoms with Crippen molar-refractivity contribution in [3.8, 4) is 66.9 Å². The van der Waals surface area contributed by atoms with Gasteiger partial charge in [0.15, 0.2) is 0 Å². The lowest BCUT2D eigenvalue weighted by molar-refractivity contribution is 1.32. The summed E-state index contributed by atoms with van der Waals surface area (Å²) < 4.78 is 0. The number of aromatic nitrogens is 2. The summed E-state index contributed by atoms with van der Waals surface area (Å²) in [6, 6.07) is 64.8. The van der Waals surface area contributed by atoms with E-state index in [0.717, 1.165) is 55.7 Å². The van der Waals surface area contributed by atoms with Gasteiger partial charge in [0.1, 0.15) is 0 Å². The van der Waals surface area contributed by atoms with Gasteiger partial charge in [-0.05, 0) is 56.6 Å². The maximum Gasteiger partial charge on any atom is 0.0793 e. The summed E-state index contributed by atoms with van der Waals surface area (Å²) in [6.07, 6.45) is 1.96. The number of hydrogen-bond donors (Lipinski definition) is 1. The number of rotatable bonds is 6. The van der Waals surface area contributed by atoms with Gasteiger partial charge >= 0.3 is 0 Å². The fourth-order valence-corrected chi connectivity index (χ4v) is 7.34. The Morgan fingerprint density at radius 2 is 0.857 bits per heavy atom. The molecule has 0 aliphatic rings. The van der Waals surface area contributed by atoms with Crippen LogP contribution in [0.2, 0.25) is 0 Å². The summed E-state index contributed by atoms with van der Waals surface area (Å²) in [5.41, 5.74) is 15.9. The Labute approximate surface area is 286 Å². The number of benzene rings is 7. The molecule has 0 atom stereocenters. The fraction of sp³-hybridized carbons (Fsp3) is 0. The molecule has 9 aromatic rings. The highest BCUT2D eigenvalue weighted by Gasteiger charge is 2.23. The lowest BCUT2D eigenvalue weighted by Gasteiger charge is -2.20. The third-order valence-corrected chi connectivity index (χ3v) is 9.53. The van der Waals surface area contributed by atoms with Gasteiger partial charge in [0.25, 0.3) is 0 Å². The number of nitrogens with zero attached hydrogens (tertiary/aromatic N) is 1. The van der Waals surface area contributed by atoms with Crippen LogP contribution in [-0.2, 0) is 0 Å². The van der Waals surface area contributed by atoms with Crippen molar-refractivity contribution in [2.24, 2.45) is 0 Å². The van der Waals surface area contributed by atoms with E-state index in [1.54, 1.807) is 0 Å². The van der Waals surface area contributed by atoms with Crippen molar-refractivity contribution in [2.75, 3.05) is 0 Å². The first-order valence-electron chi connectivity index (χ1n) is 16.7. The molecule has 0 aliphatic heterocycles. The van der Waals surface area contributed by atoms with Gasteiger partial charge in [0, 0.05) is 39.2 Å². The largest absolute Gasteiger partial charge is 0.354 e. The van der Waals surface area contributed by atoms with Crippen LogP contribution in [0.4, 0.5) is 0 Å². The number of H-pyrrole nitrogens is 1. The van der Waals surface area contributed by atoms with Crippen molar-refractivity contribution in [1.29, 1.82) is 0 Å². The minimum absolute atomic E-state index is 0.953. The standard InChI is InChI=1S/C47H32N2/c1-4-16-32(17-5-1)35-22-10-11-23-37(35)38-24-12-13-26-40(38)45-42(29-28-41-39-25-14-15-27-43(39)49-47(41)45)46-44(34-20-8-3-9-21-34)36(30-31-48-46)33-18-6-2-7-19-33/h1-31,49H. The SMILES string of the molecule is c1ccc(-c2ccccc2-c2ccccc2-c2c(-c3nccc(-c4ccccc4)c3-c3ccccc3)ccc3c2[nH]c2ccccc23)cc1. The molecule has 0 spiro atoms. The van der Waals surface area contributed by atoms with Gasteiger partial charge < -0.3 is 4.98 Å². The second-order valence-electron chi connectivity index (χ2n) is 12.4. The Hall–Kier alpha value is -6.51. The van der Waals surface area contributed by atoms with E-state index in [1.165, 1.54) is 33.0 Å². The summed E-state index contributed by atoms with van der Waals surface area (Å²) in [5.74, 6) is 0. The van der Waals surface area contributed by atoms with Crippen LogP contribution in [0.25, 0.3) is 88.7 Å². The first kappa shape index (κ1) is 28.7. The predicted molar refractivity (Wildman–Crippen MR) is 206 cm³/mol. The maximum absolute atomic E-state index is 5.21. The molecular formula is C47H32N2. The van der Waals surface area contributed by atoms with E-state index >= 15 is 0 Å². The number of nitrogens with one attached hydrogen (secondary N) is 1. The highest BCUT2D eigenvalue weighted by molar-refractivity contribution is 6.16. The van der Waals surface area contributed by atoms with Crippen molar-refractivity contribution in [2.45, 2.75) is 0 Å². The Kier molecular flexibility index (Phi) is 7.18. The zero-order valence-electron chi connectivity index (χ0n) is 26.8. The first-order valence-corrected chi connectivity index (χ1v) is 16.7. The van der Waals surface area contributed by atoms with Gasteiger partial charge in [-0.3, -0.25) is 4.98 Å². The van der Waals surface area contributed by atoms with Crippen LogP contribution in [0, 0.1) is 0 Å². The van der Waals surface area contributed by atoms with E-state index in [4.69, 9.17) is 4.98 Å². The van der Waals surface area contributed by atoms with E-state index in [1.807, 2.05) is 6.20 Å². The predicted octanol–water partition coefficient (Wildman–Crippen LogP) is 12.7. The van der Waals surface area contributed by atoms with Crippen LogP contribution in [0.1, 0.15) is 0 Å². The van der Waals surface area contributed by atoms with Crippen molar-refractivity contribution in [3.63, 3.8) is 0 Å². The second-order valence-corrected chi connectivity index (χ2v) is 12.4. The van der Waals surface area contributed by atoms with Gasteiger partial charge in [-0.25, -0.2) is 0 Å². The first-order chi connectivity index (χ1) is 24.3. The van der Waals surface area contributed by atoms with E-state index in [2.05, 4.69) is 187 Å². The molecule has 0 saturated heterocycles. The molecule has 49 heavy (non-hydrogen) atoms. The number of para-hydroxylation sites is 1. The molecule has 0 amide bonds. The van der Waals surface area contributed by atoms with E-state index in [9.17, 15) is 0 Å². The average Bonchev–Trinajstić information content (AvgIpc) is 3.57. The molecule has 230 valence electrons. The molecular weight excluding hydrogens is 593 g/mol. The number of pyridine rings is 1. The minimum atomic E-state index is 0.953. The van der Waals surface area contributed by atoms with Gasteiger partial charge in [0.05, 0.1) is 11.2 Å². The molecule has 0 radical (unpaired) electrons. The summed E-state index contributed by atoms with van der Waals surface area (Å²) in [5, 5.41) is 2.41. The molecule has 0 saturated carbocycles. The quantitative estimate of drug-likeness (QED) is 0.196. The van der Waals surface area contributed by atoms with Crippen LogP contribution in [0.15, 0.2) is 188 Å². The highest BCUT2D eigenvalue weighted by atomic mass is 14.7. The Morgan fingerprint density at radius 1 is 0.327 bits per heavy atom. The monoisotopic (exact) mass is 624 g/mol. The molecule has 0 bridgehead atoms. The summed E-state index contributed by atoms with van der Waals surface area (Å²) in [6.45, 7) is 0. The molecule has 2 aromatic heterocycles. The molecule has 2 nitrogen and oxygen atoms in total. The van der Waals surface area contributed by atoms with Gasteiger partial charge in [0.2, 0.25) is 0 Å². The lowest BCUT2D eigenvalue weighted by Crippen LogP contribution is -1.97. The fourth-order valence-electron chi connectivity index (χ4n) is 7.34. The van der Waals surface area contributed by atoms with Crippen molar-refractivity contribution < 1.29 is 0 Å². The summed E-state index contributed by atoms with van der Waals surface area (Å²) in [4.78, 5) is 9.07. The van der Waals surface area contributed by atoms with Crippen LogP contribution in [0.5, 0.6) is 0 Å². The summed E-state index contributed by atoms with van der Waals surface area (Å²) >= 11 is 0. The van der Waals surface area contributed by atoms with Gasteiger partial charge in [-0.2, -0.15) is 0 Å². The maximum atomic E-state index is 5.21. The molecule has 2 heteroatoms. The smallest absolute Gasteiger partial charge is 0.0793 e. The molecule has 7 aromatic carbocycles. The van der Waals surface area contributed by atoms with E-state index < -0.39 is 0 Å². The van der Waals surface area contributed by atoms with Crippen LogP contribution >= 0.6 is 0 Å². The van der Waals surface area contributed by atoms with Crippen LogP contribution < -0.4 is 0 Å². The number of aromatic amines is 1. The van der Waals surface area contributed by atoms with Crippen molar-refractivity contribution in [1.82, 2.24) is 9.97 Å². The lowest BCUT2D eigenvalue weighted by atomic mass is 9.84.